The summed E-state index contributed by atoms with van der Waals surface area (Å²) in [4.78, 5) is 41.4. The maximum absolute atomic E-state index is 13.2. The normalized spacial score (nSPS) is 22.9. The molecule has 4 heterocycles. The first kappa shape index (κ1) is 21.8. The Morgan fingerprint density at radius 2 is 2.06 bits per heavy atom. The second kappa shape index (κ2) is 7.92. The van der Waals surface area contributed by atoms with Gasteiger partial charge in [-0.3, -0.25) is 14.5 Å². The lowest BCUT2D eigenvalue weighted by atomic mass is 10.1. The third-order valence-corrected chi connectivity index (χ3v) is 5.81. The lowest BCUT2D eigenvalue weighted by Crippen LogP contribution is -2.57. The molecule has 1 fully saturated rings. The molecule has 9 nitrogen and oxygen atoms in total. The minimum Gasteiger partial charge on any atom is -0.366 e. The molecule has 32 heavy (non-hydrogen) atoms. The number of anilines is 1. The Labute approximate surface area is 181 Å². The Morgan fingerprint density at radius 3 is 2.78 bits per heavy atom. The summed E-state index contributed by atoms with van der Waals surface area (Å²) in [6.07, 6.45) is 0.774. The number of nitrogens with one attached hydrogen (secondary N) is 3. The van der Waals surface area contributed by atoms with Crippen molar-refractivity contribution >= 4 is 17.6 Å². The zero-order valence-electron chi connectivity index (χ0n) is 17.4. The van der Waals surface area contributed by atoms with Crippen molar-refractivity contribution in [1.29, 1.82) is 0 Å². The Morgan fingerprint density at radius 1 is 1.31 bits per heavy atom. The predicted molar refractivity (Wildman–Crippen MR) is 109 cm³/mol. The van der Waals surface area contributed by atoms with Crippen LogP contribution in [0.1, 0.15) is 13.3 Å². The van der Waals surface area contributed by atoms with Crippen molar-refractivity contribution in [2.75, 3.05) is 18.4 Å². The maximum Gasteiger partial charge on any atom is 0.408 e. The van der Waals surface area contributed by atoms with Gasteiger partial charge >= 0.3 is 12.2 Å². The van der Waals surface area contributed by atoms with Crippen LogP contribution in [-0.4, -0.2) is 63.7 Å². The fourth-order valence-electron chi connectivity index (χ4n) is 4.01. The molecule has 3 aliphatic heterocycles. The van der Waals surface area contributed by atoms with E-state index in [1.54, 1.807) is 25.4 Å². The van der Waals surface area contributed by atoms with Crippen molar-refractivity contribution in [2.24, 2.45) is 7.05 Å². The number of dihydropyridines is 1. The summed E-state index contributed by atoms with van der Waals surface area (Å²) in [5.74, 6) is -0.533. The van der Waals surface area contributed by atoms with Crippen LogP contribution >= 0.6 is 0 Å². The highest BCUT2D eigenvalue weighted by atomic mass is 19.4. The van der Waals surface area contributed by atoms with E-state index in [9.17, 15) is 27.6 Å². The Bertz CT molecular complexity index is 1060. The SMILES string of the molecule is C[C@@H](NC(=O)C1C=CC2=C(N1)N(C(=O)Nc1cccn(C)c1=O)[C@H]1CCN2C1)C(F)(F)F. The van der Waals surface area contributed by atoms with Gasteiger partial charge in [0.25, 0.3) is 5.56 Å². The first-order valence-corrected chi connectivity index (χ1v) is 10.1. The van der Waals surface area contributed by atoms with Gasteiger partial charge in [0.2, 0.25) is 5.91 Å². The molecular weight excluding hydrogens is 429 g/mol. The number of alkyl halides is 3. The molecule has 0 radical (unpaired) electrons. The van der Waals surface area contributed by atoms with Crippen LogP contribution in [0.3, 0.4) is 0 Å². The molecule has 1 aromatic heterocycles. The average molecular weight is 452 g/mol. The molecule has 3 aliphatic rings. The van der Waals surface area contributed by atoms with Gasteiger partial charge in [-0.05, 0) is 31.6 Å². The monoisotopic (exact) mass is 452 g/mol. The van der Waals surface area contributed by atoms with E-state index in [4.69, 9.17) is 0 Å². The Kier molecular flexibility index (Phi) is 5.39. The zero-order chi connectivity index (χ0) is 23.2. The molecule has 0 aromatic carbocycles. The van der Waals surface area contributed by atoms with Crippen molar-refractivity contribution < 1.29 is 22.8 Å². The number of hydrogen-bond acceptors (Lipinski definition) is 5. The zero-order valence-corrected chi connectivity index (χ0v) is 17.4. The van der Waals surface area contributed by atoms with Crippen LogP contribution in [-0.2, 0) is 11.8 Å². The van der Waals surface area contributed by atoms with Gasteiger partial charge in [-0.15, -0.1) is 0 Å². The van der Waals surface area contributed by atoms with E-state index in [-0.39, 0.29) is 17.3 Å². The number of amides is 3. The molecule has 0 spiro atoms. The molecule has 4 rings (SSSR count). The summed E-state index contributed by atoms with van der Waals surface area (Å²) in [6, 6.07) is -0.753. The van der Waals surface area contributed by atoms with E-state index >= 15 is 0 Å². The third kappa shape index (κ3) is 3.92. The molecule has 2 bridgehead atoms. The molecule has 172 valence electrons. The number of fused-ring (bicyclic) bond motifs is 3. The number of nitrogens with zero attached hydrogens (tertiary/aromatic N) is 3. The standard InChI is InChI=1S/C20H23F3N6O3/c1-11(20(21,22)23)24-17(30)13-5-6-15-16(25-13)29(12-7-9-28(15)10-12)19(32)26-14-4-3-8-27(2)18(14)31/h3-6,8,11-13,25H,7,9-10H2,1-2H3,(H,24,30)(H,26,32)/t11-,12+,13?/m1/s1. The molecule has 1 unspecified atom stereocenters. The van der Waals surface area contributed by atoms with Crippen LogP contribution in [0.2, 0.25) is 0 Å². The minimum atomic E-state index is -4.57. The summed E-state index contributed by atoms with van der Waals surface area (Å²) in [5, 5.41) is 7.47. The summed E-state index contributed by atoms with van der Waals surface area (Å²) in [7, 11) is 1.56. The van der Waals surface area contributed by atoms with Crippen LogP contribution in [0, 0.1) is 0 Å². The van der Waals surface area contributed by atoms with Crippen LogP contribution < -0.4 is 21.5 Å². The largest absolute Gasteiger partial charge is 0.408 e. The number of allylic oxidation sites excluding steroid dienone is 1. The fourth-order valence-corrected chi connectivity index (χ4v) is 4.01. The van der Waals surface area contributed by atoms with E-state index < -0.39 is 30.2 Å². The van der Waals surface area contributed by atoms with Crippen LogP contribution in [0.5, 0.6) is 0 Å². The molecule has 3 amide bonds. The molecule has 0 aliphatic carbocycles. The number of halogens is 3. The van der Waals surface area contributed by atoms with E-state index in [1.807, 2.05) is 10.2 Å². The predicted octanol–water partition coefficient (Wildman–Crippen LogP) is 1.07. The summed E-state index contributed by atoms with van der Waals surface area (Å²) in [5.41, 5.74) is 0.389. The van der Waals surface area contributed by atoms with Crippen LogP contribution in [0.15, 0.2) is 46.8 Å². The molecule has 12 heteroatoms. The van der Waals surface area contributed by atoms with Gasteiger partial charge in [0.05, 0.1) is 11.7 Å². The number of aromatic nitrogens is 1. The molecule has 3 N–H and O–H groups in total. The number of hydrogen-bond donors (Lipinski definition) is 3. The number of carbonyl (C=O) groups excluding carboxylic acids is 2. The number of urea groups is 1. The topological polar surface area (TPSA) is 98.7 Å². The van der Waals surface area contributed by atoms with Gasteiger partial charge in [-0.2, -0.15) is 13.2 Å². The number of pyridine rings is 1. The molecular formula is C20H23F3N6O3. The van der Waals surface area contributed by atoms with Crippen molar-refractivity contribution in [2.45, 2.75) is 37.6 Å². The highest BCUT2D eigenvalue weighted by molar-refractivity contribution is 5.91. The maximum atomic E-state index is 13.2. The van der Waals surface area contributed by atoms with E-state index in [1.165, 1.54) is 21.6 Å². The van der Waals surface area contributed by atoms with Crippen LogP contribution in [0.4, 0.5) is 23.7 Å². The molecule has 3 atom stereocenters. The highest BCUT2D eigenvalue weighted by Gasteiger charge is 2.43. The van der Waals surface area contributed by atoms with Gasteiger partial charge in [0, 0.05) is 26.3 Å². The highest BCUT2D eigenvalue weighted by Crippen LogP contribution is 2.33. The van der Waals surface area contributed by atoms with Gasteiger partial charge in [0.1, 0.15) is 23.6 Å². The van der Waals surface area contributed by atoms with E-state index in [2.05, 4.69) is 10.6 Å². The van der Waals surface area contributed by atoms with Gasteiger partial charge < -0.3 is 25.4 Å². The summed E-state index contributed by atoms with van der Waals surface area (Å²) < 4.78 is 39.8. The fraction of sp³-hybridized carbons (Fsp3) is 0.450. The third-order valence-electron chi connectivity index (χ3n) is 5.81. The Hall–Kier alpha value is -3.44. The number of rotatable bonds is 3. The average Bonchev–Trinajstić information content (AvgIpc) is 3.14. The Balaban J connectivity index is 1.57. The van der Waals surface area contributed by atoms with E-state index in [0.717, 1.165) is 6.92 Å². The second-order valence-corrected chi connectivity index (χ2v) is 8.01. The summed E-state index contributed by atoms with van der Waals surface area (Å²) >= 11 is 0. The molecule has 0 saturated carbocycles. The first-order valence-electron chi connectivity index (χ1n) is 10.1. The van der Waals surface area contributed by atoms with Crippen LogP contribution in [0.25, 0.3) is 0 Å². The van der Waals surface area contributed by atoms with E-state index in [0.29, 0.717) is 31.0 Å². The lowest BCUT2D eigenvalue weighted by molar-refractivity contribution is -0.158. The van der Waals surface area contributed by atoms with Gasteiger partial charge in [-0.1, -0.05) is 6.08 Å². The van der Waals surface area contributed by atoms with Crippen molar-refractivity contribution in [3.05, 3.63) is 52.4 Å². The summed E-state index contributed by atoms with van der Waals surface area (Å²) in [6.45, 7) is 2.13. The number of carbonyl (C=O) groups is 2. The minimum absolute atomic E-state index is 0.0993. The number of aryl methyl sites for hydroxylation is 1. The van der Waals surface area contributed by atoms with Crippen molar-refractivity contribution in [1.82, 2.24) is 25.0 Å². The second-order valence-electron chi connectivity index (χ2n) is 8.01. The van der Waals surface area contributed by atoms with Gasteiger partial charge in [0.15, 0.2) is 0 Å². The van der Waals surface area contributed by atoms with Gasteiger partial charge in [-0.25, -0.2) is 4.79 Å². The quantitative estimate of drug-likeness (QED) is 0.638. The lowest BCUT2D eigenvalue weighted by Gasteiger charge is -2.41. The molecule has 1 aromatic rings. The smallest absolute Gasteiger partial charge is 0.366 e. The van der Waals surface area contributed by atoms with Crippen molar-refractivity contribution in [3.8, 4) is 0 Å². The van der Waals surface area contributed by atoms with Crippen molar-refractivity contribution in [3.63, 3.8) is 0 Å². The molecule has 1 saturated heterocycles. The first-order chi connectivity index (χ1) is 15.1.